The van der Waals surface area contributed by atoms with Crippen molar-refractivity contribution in [2.75, 3.05) is 5.32 Å². The zero-order valence-electron chi connectivity index (χ0n) is 16.8. The lowest BCUT2D eigenvalue weighted by Gasteiger charge is -2.11. The maximum atomic E-state index is 13.9. The first kappa shape index (κ1) is 20.8. The van der Waals surface area contributed by atoms with E-state index in [-0.39, 0.29) is 11.1 Å². The van der Waals surface area contributed by atoms with Crippen LogP contribution in [0, 0.1) is 5.82 Å². The predicted molar refractivity (Wildman–Crippen MR) is 118 cm³/mol. The topological polar surface area (TPSA) is 81.3 Å². The average Bonchev–Trinajstić information content (AvgIpc) is 3.17. The number of rotatable bonds is 7. The standard InChI is InChI=1S/C22H20FN5O2S/c1-2-11-27-14-24-22-25-15(12-20(29)28(22)27)13-31-19-10-6-5-9-18(19)26-21(30)16-7-3-4-8-17(16)23/h3-10,12,14H,2,11,13H2,1H3,(H,26,30). The molecule has 1 N–H and O–H groups in total. The summed E-state index contributed by atoms with van der Waals surface area (Å²) in [5.41, 5.74) is 0.940. The second-order valence-corrected chi connectivity index (χ2v) is 7.84. The summed E-state index contributed by atoms with van der Waals surface area (Å²) in [6.45, 7) is 2.71. The molecule has 0 saturated heterocycles. The van der Waals surface area contributed by atoms with Gasteiger partial charge in [-0.15, -0.1) is 11.8 Å². The van der Waals surface area contributed by atoms with Crippen LogP contribution in [-0.4, -0.2) is 25.1 Å². The van der Waals surface area contributed by atoms with Crippen LogP contribution in [0.15, 0.2) is 70.6 Å². The van der Waals surface area contributed by atoms with E-state index in [9.17, 15) is 14.0 Å². The summed E-state index contributed by atoms with van der Waals surface area (Å²) in [5.74, 6) is -0.326. The molecule has 0 atom stereocenters. The van der Waals surface area contributed by atoms with E-state index in [1.807, 2.05) is 19.1 Å². The molecular formula is C22H20FN5O2S. The molecule has 1 amide bonds. The average molecular weight is 438 g/mol. The van der Waals surface area contributed by atoms with Crippen molar-refractivity contribution >= 4 is 29.1 Å². The Morgan fingerprint density at radius 3 is 2.74 bits per heavy atom. The van der Waals surface area contributed by atoms with Crippen molar-refractivity contribution in [2.45, 2.75) is 30.5 Å². The van der Waals surface area contributed by atoms with Crippen molar-refractivity contribution in [1.82, 2.24) is 19.2 Å². The first-order chi connectivity index (χ1) is 15.1. The molecule has 0 aliphatic heterocycles. The molecule has 0 saturated carbocycles. The number of fused-ring (bicyclic) bond motifs is 1. The SMILES string of the molecule is CCCn1cnc2nc(CSc3ccccc3NC(=O)c3ccccc3F)cc(=O)n21. The Bertz CT molecular complexity index is 1300. The number of benzene rings is 2. The van der Waals surface area contributed by atoms with E-state index in [0.717, 1.165) is 11.3 Å². The number of hydrogen-bond acceptors (Lipinski definition) is 5. The number of aromatic nitrogens is 4. The van der Waals surface area contributed by atoms with Crippen molar-refractivity contribution in [3.05, 3.63) is 88.4 Å². The highest BCUT2D eigenvalue weighted by Gasteiger charge is 2.14. The van der Waals surface area contributed by atoms with Crippen LogP contribution >= 0.6 is 11.8 Å². The molecule has 0 aliphatic carbocycles. The number of aryl methyl sites for hydroxylation is 1. The zero-order chi connectivity index (χ0) is 21.8. The first-order valence-corrected chi connectivity index (χ1v) is 10.8. The monoisotopic (exact) mass is 437 g/mol. The Morgan fingerprint density at radius 1 is 1.16 bits per heavy atom. The molecule has 4 rings (SSSR count). The van der Waals surface area contributed by atoms with Crippen LogP contribution in [0.5, 0.6) is 0 Å². The molecule has 0 aliphatic rings. The number of anilines is 1. The van der Waals surface area contributed by atoms with Crippen molar-refractivity contribution in [1.29, 1.82) is 0 Å². The highest BCUT2D eigenvalue weighted by atomic mass is 32.2. The Kier molecular flexibility index (Phi) is 6.13. The van der Waals surface area contributed by atoms with Gasteiger partial charge >= 0.3 is 0 Å². The molecule has 7 nitrogen and oxygen atoms in total. The summed E-state index contributed by atoms with van der Waals surface area (Å²) in [4.78, 5) is 34.5. The minimum Gasteiger partial charge on any atom is -0.321 e. The van der Waals surface area contributed by atoms with Crippen molar-refractivity contribution in [3.63, 3.8) is 0 Å². The Labute approximate surface area is 181 Å². The third kappa shape index (κ3) is 4.51. The molecule has 2 aromatic carbocycles. The number of carbonyl (C=O) groups excluding carboxylic acids is 1. The summed E-state index contributed by atoms with van der Waals surface area (Å²) in [5, 5.41) is 2.76. The van der Waals surface area contributed by atoms with Crippen molar-refractivity contribution in [3.8, 4) is 0 Å². The van der Waals surface area contributed by atoms with Gasteiger partial charge in [-0.3, -0.25) is 14.3 Å². The van der Waals surface area contributed by atoms with Gasteiger partial charge in [-0.25, -0.2) is 9.37 Å². The van der Waals surface area contributed by atoms with Crippen LogP contribution in [0.25, 0.3) is 5.78 Å². The number of amides is 1. The van der Waals surface area contributed by atoms with Crippen molar-refractivity contribution in [2.24, 2.45) is 0 Å². The molecule has 0 fully saturated rings. The Morgan fingerprint density at radius 2 is 1.94 bits per heavy atom. The molecule has 0 unspecified atom stereocenters. The van der Waals surface area contributed by atoms with E-state index in [2.05, 4.69) is 15.3 Å². The fraction of sp³-hybridized carbons (Fsp3) is 0.182. The molecule has 2 heterocycles. The van der Waals surface area contributed by atoms with Gasteiger partial charge in [0.25, 0.3) is 17.2 Å². The molecule has 0 spiro atoms. The molecule has 31 heavy (non-hydrogen) atoms. The van der Waals surface area contributed by atoms with E-state index >= 15 is 0 Å². The molecule has 0 radical (unpaired) electrons. The van der Waals surface area contributed by atoms with Gasteiger partial charge in [0.2, 0.25) is 0 Å². The largest absolute Gasteiger partial charge is 0.321 e. The number of thioether (sulfide) groups is 1. The summed E-state index contributed by atoms with van der Waals surface area (Å²) in [6, 6.07) is 14.6. The minimum atomic E-state index is -0.578. The zero-order valence-corrected chi connectivity index (χ0v) is 17.6. The Hall–Kier alpha value is -3.46. The second kappa shape index (κ2) is 9.13. The van der Waals surface area contributed by atoms with Gasteiger partial charge in [-0.2, -0.15) is 9.50 Å². The van der Waals surface area contributed by atoms with Crippen LogP contribution < -0.4 is 10.9 Å². The fourth-order valence-corrected chi connectivity index (χ4v) is 4.05. The number of halogens is 1. The lowest BCUT2D eigenvalue weighted by atomic mass is 10.2. The molecule has 2 aromatic heterocycles. The molecule has 158 valence electrons. The van der Waals surface area contributed by atoms with Gasteiger partial charge in [-0.1, -0.05) is 31.2 Å². The number of nitrogens with zero attached hydrogens (tertiary/aromatic N) is 4. The molecule has 0 bridgehead atoms. The summed E-state index contributed by atoms with van der Waals surface area (Å²) < 4.78 is 17.1. The van der Waals surface area contributed by atoms with E-state index in [0.29, 0.717) is 29.5 Å². The lowest BCUT2D eigenvalue weighted by Crippen LogP contribution is -2.21. The van der Waals surface area contributed by atoms with Gasteiger partial charge < -0.3 is 5.32 Å². The van der Waals surface area contributed by atoms with Crippen LogP contribution in [0.1, 0.15) is 29.4 Å². The normalized spacial score (nSPS) is 11.0. The number of hydrogen-bond donors (Lipinski definition) is 1. The first-order valence-electron chi connectivity index (χ1n) is 9.78. The summed E-state index contributed by atoms with van der Waals surface area (Å²) in [7, 11) is 0. The molecule has 4 aromatic rings. The van der Waals surface area contributed by atoms with Crippen LogP contribution in [-0.2, 0) is 12.3 Å². The molecule has 9 heteroatoms. The van der Waals surface area contributed by atoms with E-state index in [4.69, 9.17) is 0 Å². The minimum absolute atomic E-state index is 0.0230. The quantitative estimate of drug-likeness (QED) is 0.442. The van der Waals surface area contributed by atoms with E-state index < -0.39 is 11.7 Å². The smallest absolute Gasteiger partial charge is 0.274 e. The summed E-state index contributed by atoms with van der Waals surface area (Å²) in [6.07, 6.45) is 2.49. The second-order valence-electron chi connectivity index (χ2n) is 6.82. The highest BCUT2D eigenvalue weighted by Crippen LogP contribution is 2.29. The number of carbonyl (C=O) groups is 1. The van der Waals surface area contributed by atoms with E-state index in [1.165, 1.54) is 40.5 Å². The van der Waals surface area contributed by atoms with Gasteiger partial charge in [0.15, 0.2) is 0 Å². The fourth-order valence-electron chi connectivity index (χ4n) is 3.15. The van der Waals surface area contributed by atoms with Crippen LogP contribution in [0.4, 0.5) is 10.1 Å². The summed E-state index contributed by atoms with van der Waals surface area (Å²) >= 11 is 1.42. The third-order valence-electron chi connectivity index (χ3n) is 4.58. The third-order valence-corrected chi connectivity index (χ3v) is 5.68. The van der Waals surface area contributed by atoms with Gasteiger partial charge in [-0.05, 0) is 30.7 Å². The maximum Gasteiger partial charge on any atom is 0.274 e. The predicted octanol–water partition coefficient (Wildman–Crippen LogP) is 3.98. The number of nitrogens with one attached hydrogen (secondary N) is 1. The van der Waals surface area contributed by atoms with Crippen LogP contribution in [0.3, 0.4) is 0 Å². The van der Waals surface area contributed by atoms with E-state index in [1.54, 1.807) is 29.2 Å². The van der Waals surface area contributed by atoms with Crippen molar-refractivity contribution < 1.29 is 9.18 Å². The number of para-hydroxylation sites is 1. The van der Waals surface area contributed by atoms with Gasteiger partial charge in [0, 0.05) is 23.3 Å². The lowest BCUT2D eigenvalue weighted by molar-refractivity contribution is 0.102. The van der Waals surface area contributed by atoms with Crippen LogP contribution in [0.2, 0.25) is 0 Å². The molecular weight excluding hydrogens is 417 g/mol. The highest BCUT2D eigenvalue weighted by molar-refractivity contribution is 7.98. The van der Waals surface area contributed by atoms with Gasteiger partial charge in [0.05, 0.1) is 16.9 Å². The van der Waals surface area contributed by atoms with Gasteiger partial charge in [0.1, 0.15) is 12.1 Å². The Balaban J connectivity index is 1.53. The maximum absolute atomic E-state index is 13.9.